The summed E-state index contributed by atoms with van der Waals surface area (Å²) in [5.74, 6) is -1.75. The molecule has 3 amide bonds. The third-order valence-electron chi connectivity index (χ3n) is 5.67. The number of hydrogen-bond donors (Lipinski definition) is 3. The lowest BCUT2D eigenvalue weighted by Crippen LogP contribution is -2.30. The maximum absolute atomic E-state index is 13.4. The smallest absolute Gasteiger partial charge is 0.272 e. The SMILES string of the molecule is CC(Sc1cccc(NC(=O)/C(=C\c2ccc(F)cc2)NC(=O)c2ccccc2)c1)C(=O)Nc1cc(Cl)ccc1Cl. The van der Waals surface area contributed by atoms with Gasteiger partial charge in [-0.2, -0.15) is 0 Å². The monoisotopic (exact) mass is 607 g/mol. The molecule has 0 fully saturated rings. The maximum atomic E-state index is 13.4. The van der Waals surface area contributed by atoms with E-state index in [9.17, 15) is 18.8 Å². The number of thioether (sulfide) groups is 1. The zero-order chi connectivity index (χ0) is 29.4. The van der Waals surface area contributed by atoms with Crippen LogP contribution in [0.5, 0.6) is 0 Å². The largest absolute Gasteiger partial charge is 0.324 e. The van der Waals surface area contributed by atoms with Crippen molar-refractivity contribution in [2.75, 3.05) is 10.6 Å². The number of benzene rings is 4. The first kappa shape index (κ1) is 29.9. The predicted molar refractivity (Wildman–Crippen MR) is 164 cm³/mol. The van der Waals surface area contributed by atoms with Gasteiger partial charge in [-0.15, -0.1) is 11.8 Å². The summed E-state index contributed by atoms with van der Waals surface area (Å²) in [6.07, 6.45) is 1.46. The van der Waals surface area contributed by atoms with Crippen molar-refractivity contribution in [1.82, 2.24) is 5.32 Å². The molecule has 208 valence electrons. The van der Waals surface area contributed by atoms with Crippen molar-refractivity contribution in [3.63, 3.8) is 0 Å². The second kappa shape index (κ2) is 14.0. The molecule has 0 aromatic heterocycles. The van der Waals surface area contributed by atoms with Gasteiger partial charge < -0.3 is 16.0 Å². The van der Waals surface area contributed by atoms with Crippen molar-refractivity contribution in [3.8, 4) is 0 Å². The predicted octanol–water partition coefficient (Wildman–Crippen LogP) is 7.66. The quantitative estimate of drug-likeness (QED) is 0.135. The minimum absolute atomic E-state index is 0.0327. The molecular weight excluding hydrogens is 584 g/mol. The number of carbonyl (C=O) groups excluding carboxylic acids is 3. The maximum Gasteiger partial charge on any atom is 0.272 e. The third-order valence-corrected chi connectivity index (χ3v) is 7.33. The van der Waals surface area contributed by atoms with E-state index in [1.54, 1.807) is 73.7 Å². The number of hydrogen-bond acceptors (Lipinski definition) is 4. The molecule has 0 spiro atoms. The van der Waals surface area contributed by atoms with Crippen LogP contribution in [0.3, 0.4) is 0 Å². The summed E-state index contributed by atoms with van der Waals surface area (Å²) in [4.78, 5) is 39.6. The number of nitrogens with one attached hydrogen (secondary N) is 3. The van der Waals surface area contributed by atoms with Crippen LogP contribution in [-0.2, 0) is 9.59 Å². The summed E-state index contributed by atoms with van der Waals surface area (Å²) < 4.78 is 13.4. The second-order valence-electron chi connectivity index (χ2n) is 8.79. The van der Waals surface area contributed by atoms with Crippen molar-refractivity contribution in [2.24, 2.45) is 0 Å². The highest BCUT2D eigenvalue weighted by molar-refractivity contribution is 8.00. The van der Waals surface area contributed by atoms with Crippen molar-refractivity contribution < 1.29 is 18.8 Å². The Bertz CT molecular complexity index is 1600. The number of rotatable bonds is 9. The molecule has 1 unspecified atom stereocenters. The molecule has 6 nitrogen and oxygen atoms in total. The number of halogens is 3. The molecule has 4 rings (SSSR count). The molecule has 41 heavy (non-hydrogen) atoms. The Balaban J connectivity index is 1.48. The molecule has 4 aromatic carbocycles. The number of anilines is 2. The van der Waals surface area contributed by atoms with Gasteiger partial charge in [-0.1, -0.05) is 59.6 Å². The van der Waals surface area contributed by atoms with Crippen molar-refractivity contribution >= 4 is 70.1 Å². The van der Waals surface area contributed by atoms with Gasteiger partial charge in [-0.3, -0.25) is 14.4 Å². The van der Waals surface area contributed by atoms with Gasteiger partial charge in [-0.05, 0) is 79.2 Å². The zero-order valence-electron chi connectivity index (χ0n) is 21.7. The van der Waals surface area contributed by atoms with Gasteiger partial charge in [0.25, 0.3) is 11.8 Å². The van der Waals surface area contributed by atoms with Crippen molar-refractivity contribution in [2.45, 2.75) is 17.1 Å². The summed E-state index contributed by atoms with van der Waals surface area (Å²) in [6.45, 7) is 1.74. The highest BCUT2D eigenvalue weighted by Gasteiger charge is 2.18. The first-order chi connectivity index (χ1) is 19.7. The van der Waals surface area contributed by atoms with Crippen LogP contribution in [0.2, 0.25) is 10.0 Å². The van der Waals surface area contributed by atoms with Crippen LogP contribution in [0, 0.1) is 5.82 Å². The highest BCUT2D eigenvalue weighted by Crippen LogP contribution is 2.29. The van der Waals surface area contributed by atoms with E-state index in [1.165, 1.54) is 42.1 Å². The van der Waals surface area contributed by atoms with E-state index in [0.29, 0.717) is 32.5 Å². The van der Waals surface area contributed by atoms with Crippen molar-refractivity contribution in [1.29, 1.82) is 0 Å². The molecule has 0 aliphatic carbocycles. The van der Waals surface area contributed by atoms with E-state index in [4.69, 9.17) is 23.2 Å². The summed E-state index contributed by atoms with van der Waals surface area (Å²) in [5.41, 5.74) is 1.72. The summed E-state index contributed by atoms with van der Waals surface area (Å²) in [7, 11) is 0. The lowest BCUT2D eigenvalue weighted by atomic mass is 10.1. The Morgan fingerprint density at radius 2 is 1.59 bits per heavy atom. The van der Waals surface area contributed by atoms with Gasteiger partial charge >= 0.3 is 0 Å². The Kier molecular flexibility index (Phi) is 10.2. The Labute approximate surface area is 250 Å². The van der Waals surface area contributed by atoms with Crippen LogP contribution < -0.4 is 16.0 Å². The number of amides is 3. The van der Waals surface area contributed by atoms with Crippen LogP contribution in [0.25, 0.3) is 6.08 Å². The Morgan fingerprint density at radius 3 is 2.32 bits per heavy atom. The van der Waals surface area contributed by atoms with Gasteiger partial charge in [0, 0.05) is 21.2 Å². The standard InChI is InChI=1S/C31H24Cl2FN3O3S/c1-19(29(38)36-27-17-22(32)12-15-26(27)33)41-25-9-5-8-24(18-25)35-31(40)28(16-20-10-13-23(34)14-11-20)37-30(39)21-6-3-2-4-7-21/h2-19H,1H3,(H,35,40)(H,36,38)(H,37,39)/b28-16+. The molecule has 0 saturated heterocycles. The van der Waals surface area contributed by atoms with E-state index in [0.717, 1.165) is 4.90 Å². The molecule has 0 saturated carbocycles. The molecular formula is C31H24Cl2FN3O3S. The minimum atomic E-state index is -0.581. The van der Waals surface area contributed by atoms with Gasteiger partial charge in [0.2, 0.25) is 5.91 Å². The van der Waals surface area contributed by atoms with E-state index >= 15 is 0 Å². The average Bonchev–Trinajstić information content (AvgIpc) is 2.96. The topological polar surface area (TPSA) is 87.3 Å². The fourth-order valence-electron chi connectivity index (χ4n) is 3.60. The van der Waals surface area contributed by atoms with Crippen LogP contribution in [0.15, 0.2) is 108 Å². The highest BCUT2D eigenvalue weighted by atomic mass is 35.5. The van der Waals surface area contributed by atoms with E-state index in [-0.39, 0.29) is 11.6 Å². The zero-order valence-corrected chi connectivity index (χ0v) is 24.0. The third kappa shape index (κ3) is 8.69. The van der Waals surface area contributed by atoms with E-state index < -0.39 is 22.9 Å². The molecule has 0 radical (unpaired) electrons. The van der Waals surface area contributed by atoms with Crippen LogP contribution in [-0.4, -0.2) is 23.0 Å². The molecule has 1 atom stereocenters. The first-order valence-electron chi connectivity index (χ1n) is 12.4. The molecule has 0 aliphatic heterocycles. The number of carbonyl (C=O) groups is 3. The van der Waals surface area contributed by atoms with Gasteiger partial charge in [0.05, 0.1) is 16.0 Å². The second-order valence-corrected chi connectivity index (χ2v) is 11.0. The first-order valence-corrected chi connectivity index (χ1v) is 14.0. The summed E-state index contributed by atoms with van der Waals surface area (Å²) in [6, 6.07) is 25.7. The van der Waals surface area contributed by atoms with Crippen LogP contribution in [0.1, 0.15) is 22.8 Å². The van der Waals surface area contributed by atoms with Gasteiger partial charge in [0.1, 0.15) is 11.5 Å². The Hall–Kier alpha value is -4.11. The lowest BCUT2D eigenvalue weighted by molar-refractivity contribution is -0.115. The van der Waals surface area contributed by atoms with Gasteiger partial charge in [0.15, 0.2) is 0 Å². The molecule has 0 bridgehead atoms. The van der Waals surface area contributed by atoms with Crippen molar-refractivity contribution in [3.05, 3.63) is 130 Å². The lowest BCUT2D eigenvalue weighted by Gasteiger charge is -2.15. The average molecular weight is 609 g/mol. The van der Waals surface area contributed by atoms with Crippen LogP contribution in [0.4, 0.5) is 15.8 Å². The Morgan fingerprint density at radius 1 is 0.854 bits per heavy atom. The normalized spacial score (nSPS) is 11.9. The van der Waals surface area contributed by atoms with E-state index in [2.05, 4.69) is 16.0 Å². The molecule has 4 aromatic rings. The molecule has 3 N–H and O–H groups in total. The summed E-state index contributed by atoms with van der Waals surface area (Å²) >= 11 is 13.4. The fourth-order valence-corrected chi connectivity index (χ4v) is 4.86. The molecule has 10 heteroatoms. The minimum Gasteiger partial charge on any atom is -0.324 e. The summed E-state index contributed by atoms with van der Waals surface area (Å²) in [5, 5.41) is 8.52. The molecule has 0 aliphatic rings. The van der Waals surface area contributed by atoms with Crippen LogP contribution >= 0.6 is 35.0 Å². The van der Waals surface area contributed by atoms with Gasteiger partial charge in [-0.25, -0.2) is 4.39 Å². The fraction of sp³-hybridized carbons (Fsp3) is 0.0645. The van der Waals surface area contributed by atoms with E-state index in [1.807, 2.05) is 6.07 Å². The molecule has 0 heterocycles.